The van der Waals surface area contributed by atoms with Crippen LogP contribution in [0.4, 0.5) is 0 Å². The van der Waals surface area contributed by atoms with E-state index in [2.05, 4.69) is 15.9 Å². The van der Waals surface area contributed by atoms with Gasteiger partial charge in [-0.1, -0.05) is 19.3 Å². The highest BCUT2D eigenvalue weighted by atomic mass is 79.9. The van der Waals surface area contributed by atoms with E-state index in [0.29, 0.717) is 22.5 Å². The van der Waals surface area contributed by atoms with Crippen molar-refractivity contribution in [3.8, 4) is 11.5 Å². The number of amides is 1. The Bertz CT molecular complexity index is 618. The van der Waals surface area contributed by atoms with E-state index in [1.54, 1.807) is 12.1 Å². The number of esters is 1. The molecule has 0 saturated heterocycles. The van der Waals surface area contributed by atoms with Crippen LogP contribution >= 0.6 is 15.9 Å². The summed E-state index contributed by atoms with van der Waals surface area (Å²) in [6.07, 6.45) is 5.56. The van der Waals surface area contributed by atoms with Crippen LogP contribution in [0.2, 0.25) is 0 Å². The smallest absolute Gasteiger partial charge is 0.338 e. The Morgan fingerprint density at radius 1 is 1.12 bits per heavy atom. The Hall–Kier alpha value is -1.76. The molecule has 0 radical (unpaired) electrons. The van der Waals surface area contributed by atoms with Crippen LogP contribution in [0.1, 0.15) is 49.4 Å². The van der Waals surface area contributed by atoms with Gasteiger partial charge < -0.3 is 19.1 Å². The van der Waals surface area contributed by atoms with Crippen molar-refractivity contribution in [3.05, 3.63) is 22.2 Å². The molecular weight excluding hydrogens is 402 g/mol. The van der Waals surface area contributed by atoms with Gasteiger partial charge in [-0.3, -0.25) is 4.79 Å². The zero-order valence-corrected chi connectivity index (χ0v) is 17.1. The quantitative estimate of drug-likeness (QED) is 0.619. The lowest BCUT2D eigenvalue weighted by Gasteiger charge is -2.33. The molecule has 1 saturated carbocycles. The molecule has 26 heavy (non-hydrogen) atoms. The van der Waals surface area contributed by atoms with Crippen molar-refractivity contribution < 1.29 is 23.8 Å². The van der Waals surface area contributed by atoms with Gasteiger partial charge in [-0.05, 0) is 47.8 Å². The molecule has 0 heterocycles. The van der Waals surface area contributed by atoms with Crippen LogP contribution in [0.5, 0.6) is 11.5 Å². The normalized spacial score (nSPS) is 14.6. The second-order valence-corrected chi connectivity index (χ2v) is 7.04. The van der Waals surface area contributed by atoms with E-state index in [0.717, 1.165) is 25.7 Å². The molecule has 0 unspecified atom stereocenters. The average molecular weight is 428 g/mol. The summed E-state index contributed by atoms with van der Waals surface area (Å²) < 4.78 is 16.3. The van der Waals surface area contributed by atoms with E-state index in [1.807, 2.05) is 11.8 Å². The van der Waals surface area contributed by atoms with Crippen LogP contribution in [0.15, 0.2) is 16.6 Å². The first kappa shape index (κ1) is 20.6. The van der Waals surface area contributed by atoms with Gasteiger partial charge in [0.2, 0.25) is 0 Å². The number of benzene rings is 1. The second-order valence-electron chi connectivity index (χ2n) is 6.24. The number of hydrogen-bond acceptors (Lipinski definition) is 5. The number of rotatable bonds is 7. The molecule has 7 heteroatoms. The van der Waals surface area contributed by atoms with Gasteiger partial charge in [-0.15, -0.1) is 0 Å². The van der Waals surface area contributed by atoms with Gasteiger partial charge in [0.15, 0.2) is 6.61 Å². The largest absolute Gasteiger partial charge is 0.495 e. The Morgan fingerprint density at radius 3 is 2.19 bits per heavy atom. The Kier molecular flexibility index (Phi) is 7.75. The lowest BCUT2D eigenvalue weighted by Crippen LogP contribution is -2.43. The first-order chi connectivity index (χ1) is 12.5. The van der Waals surface area contributed by atoms with Crippen LogP contribution in [0.3, 0.4) is 0 Å². The molecule has 6 nitrogen and oxygen atoms in total. The summed E-state index contributed by atoms with van der Waals surface area (Å²) in [5.41, 5.74) is 0.274. The summed E-state index contributed by atoms with van der Waals surface area (Å²) in [6, 6.07) is 3.36. The monoisotopic (exact) mass is 427 g/mol. The van der Waals surface area contributed by atoms with E-state index in [4.69, 9.17) is 14.2 Å². The van der Waals surface area contributed by atoms with E-state index in [-0.39, 0.29) is 24.1 Å². The standard InChI is InChI=1S/C19H26BrNO5/c1-4-21(14-8-6-5-7-9-14)17(22)12-26-19(23)13-10-15(24-2)18(20)16(11-13)25-3/h10-11,14H,4-9,12H2,1-3H3. The molecule has 1 fully saturated rings. The topological polar surface area (TPSA) is 65.1 Å². The number of methoxy groups -OCH3 is 2. The molecule has 0 N–H and O–H groups in total. The predicted octanol–water partition coefficient (Wildman–Crippen LogP) is 3.80. The van der Waals surface area contributed by atoms with Crippen LogP contribution in [0.25, 0.3) is 0 Å². The third-order valence-electron chi connectivity index (χ3n) is 4.68. The summed E-state index contributed by atoms with van der Waals surface area (Å²) >= 11 is 3.36. The molecule has 1 aliphatic carbocycles. The number of likely N-dealkylation sites (N-methyl/N-ethyl adjacent to an activating group) is 1. The van der Waals surface area contributed by atoms with E-state index < -0.39 is 5.97 Å². The molecule has 1 aromatic rings. The lowest BCUT2D eigenvalue weighted by atomic mass is 9.94. The molecule has 0 spiro atoms. The maximum absolute atomic E-state index is 12.5. The minimum atomic E-state index is -0.581. The molecule has 0 bridgehead atoms. The summed E-state index contributed by atoms with van der Waals surface area (Å²) in [5.74, 6) is 0.186. The van der Waals surface area contributed by atoms with Gasteiger partial charge >= 0.3 is 5.97 Å². The molecule has 0 aromatic heterocycles. The van der Waals surface area contributed by atoms with E-state index in [9.17, 15) is 9.59 Å². The van der Waals surface area contributed by atoms with Crippen molar-refractivity contribution in [2.45, 2.75) is 45.1 Å². The van der Waals surface area contributed by atoms with Crippen molar-refractivity contribution in [1.82, 2.24) is 4.90 Å². The zero-order chi connectivity index (χ0) is 19.1. The molecule has 1 aliphatic rings. The Morgan fingerprint density at radius 2 is 1.69 bits per heavy atom. The summed E-state index contributed by atoms with van der Waals surface area (Å²) in [7, 11) is 3.00. The average Bonchev–Trinajstić information content (AvgIpc) is 2.67. The van der Waals surface area contributed by atoms with Crippen LogP contribution < -0.4 is 9.47 Å². The third-order valence-corrected chi connectivity index (χ3v) is 5.47. The highest BCUT2D eigenvalue weighted by molar-refractivity contribution is 9.10. The lowest BCUT2D eigenvalue weighted by molar-refractivity contribution is -0.137. The SMILES string of the molecule is CCN(C(=O)COC(=O)c1cc(OC)c(Br)c(OC)c1)C1CCCCC1. The van der Waals surface area contributed by atoms with Crippen molar-refractivity contribution in [3.63, 3.8) is 0 Å². The van der Waals surface area contributed by atoms with Crippen LogP contribution in [0, 0.1) is 0 Å². The van der Waals surface area contributed by atoms with Gasteiger partial charge in [0.05, 0.1) is 19.8 Å². The van der Waals surface area contributed by atoms with Gasteiger partial charge in [-0.25, -0.2) is 4.79 Å². The molecule has 0 atom stereocenters. The van der Waals surface area contributed by atoms with Gasteiger partial charge in [0.1, 0.15) is 16.0 Å². The summed E-state index contributed by atoms with van der Waals surface area (Å²) in [4.78, 5) is 26.7. The Balaban J connectivity index is 2.02. The minimum Gasteiger partial charge on any atom is -0.495 e. The van der Waals surface area contributed by atoms with Crippen molar-refractivity contribution in [2.24, 2.45) is 0 Å². The molecular formula is C19H26BrNO5. The maximum Gasteiger partial charge on any atom is 0.338 e. The third kappa shape index (κ3) is 4.90. The zero-order valence-electron chi connectivity index (χ0n) is 15.5. The van der Waals surface area contributed by atoms with E-state index >= 15 is 0 Å². The highest BCUT2D eigenvalue weighted by Gasteiger charge is 2.25. The van der Waals surface area contributed by atoms with Gasteiger partial charge in [-0.2, -0.15) is 0 Å². The van der Waals surface area contributed by atoms with Crippen molar-refractivity contribution in [1.29, 1.82) is 0 Å². The summed E-state index contributed by atoms with van der Waals surface area (Å²) in [5, 5.41) is 0. The number of hydrogen-bond donors (Lipinski definition) is 0. The first-order valence-corrected chi connectivity index (χ1v) is 9.69. The van der Waals surface area contributed by atoms with Crippen molar-refractivity contribution in [2.75, 3.05) is 27.4 Å². The predicted molar refractivity (Wildman–Crippen MR) is 102 cm³/mol. The molecule has 144 valence electrons. The maximum atomic E-state index is 12.5. The molecule has 1 aromatic carbocycles. The molecule has 1 amide bonds. The minimum absolute atomic E-state index is 0.149. The fourth-order valence-corrected chi connectivity index (χ4v) is 3.86. The number of ether oxygens (including phenoxy) is 3. The fraction of sp³-hybridized carbons (Fsp3) is 0.579. The first-order valence-electron chi connectivity index (χ1n) is 8.89. The van der Waals surface area contributed by atoms with Crippen LogP contribution in [-0.2, 0) is 9.53 Å². The number of nitrogens with zero attached hydrogens (tertiary/aromatic N) is 1. The van der Waals surface area contributed by atoms with Crippen molar-refractivity contribution >= 4 is 27.8 Å². The molecule has 0 aliphatic heterocycles. The summed E-state index contributed by atoms with van der Waals surface area (Å²) in [6.45, 7) is 2.32. The highest BCUT2D eigenvalue weighted by Crippen LogP contribution is 2.35. The van der Waals surface area contributed by atoms with Gasteiger partial charge in [0.25, 0.3) is 5.91 Å². The second kappa shape index (κ2) is 9.80. The Labute approximate surface area is 162 Å². The number of carbonyl (C=O) groups excluding carboxylic acids is 2. The fourth-order valence-electron chi connectivity index (χ4n) is 3.31. The van der Waals surface area contributed by atoms with E-state index in [1.165, 1.54) is 20.6 Å². The van der Waals surface area contributed by atoms with Gasteiger partial charge in [0, 0.05) is 12.6 Å². The molecule has 2 rings (SSSR count). The van der Waals surface area contributed by atoms with Crippen LogP contribution in [-0.4, -0.2) is 50.2 Å². The number of carbonyl (C=O) groups is 2. The number of halogens is 1.